The SMILES string of the molecule is CC(C)(CO)CC(CO[Si](C)(C)C(C)(C)C)NC(=O)OC(C)(C)C. The molecule has 0 aromatic carbocycles. The monoisotopic (exact) mass is 361 g/mol. The van der Waals surface area contributed by atoms with Gasteiger partial charge in [-0.05, 0) is 50.7 Å². The summed E-state index contributed by atoms with van der Waals surface area (Å²) in [4.78, 5) is 12.1. The van der Waals surface area contributed by atoms with E-state index in [1.807, 2.05) is 34.6 Å². The highest BCUT2D eigenvalue weighted by Crippen LogP contribution is 2.36. The van der Waals surface area contributed by atoms with Crippen molar-refractivity contribution >= 4 is 14.4 Å². The van der Waals surface area contributed by atoms with E-state index in [1.54, 1.807) is 0 Å². The maximum atomic E-state index is 12.1. The van der Waals surface area contributed by atoms with Crippen LogP contribution in [0.5, 0.6) is 0 Å². The van der Waals surface area contributed by atoms with Gasteiger partial charge in [-0.3, -0.25) is 0 Å². The summed E-state index contributed by atoms with van der Waals surface area (Å²) in [6.07, 6.45) is 0.178. The van der Waals surface area contributed by atoms with Crippen molar-refractivity contribution in [1.82, 2.24) is 5.32 Å². The van der Waals surface area contributed by atoms with E-state index in [1.165, 1.54) is 0 Å². The number of carbonyl (C=O) groups excluding carboxylic acids is 1. The average Bonchev–Trinajstić information content (AvgIpc) is 2.32. The summed E-state index contributed by atoms with van der Waals surface area (Å²) in [6.45, 7) is 20.9. The van der Waals surface area contributed by atoms with Crippen molar-refractivity contribution in [2.45, 2.75) is 91.6 Å². The molecule has 144 valence electrons. The lowest BCUT2D eigenvalue weighted by molar-refractivity contribution is 0.0446. The average molecular weight is 362 g/mol. The van der Waals surface area contributed by atoms with Gasteiger partial charge in [0.25, 0.3) is 0 Å². The highest BCUT2D eigenvalue weighted by molar-refractivity contribution is 6.74. The Bertz CT molecular complexity index is 408. The first-order valence-corrected chi connectivity index (χ1v) is 11.6. The number of hydrogen-bond acceptors (Lipinski definition) is 4. The molecule has 0 fully saturated rings. The van der Waals surface area contributed by atoms with Crippen LogP contribution in [0.3, 0.4) is 0 Å². The van der Waals surface area contributed by atoms with Gasteiger partial charge in [-0.25, -0.2) is 4.79 Å². The largest absolute Gasteiger partial charge is 0.444 e. The van der Waals surface area contributed by atoms with Crippen LogP contribution in [-0.4, -0.2) is 44.4 Å². The molecule has 0 radical (unpaired) electrons. The predicted molar refractivity (Wildman–Crippen MR) is 102 cm³/mol. The number of carbonyl (C=O) groups is 1. The third kappa shape index (κ3) is 9.04. The number of rotatable bonds is 7. The van der Waals surface area contributed by atoms with Crippen LogP contribution in [0.4, 0.5) is 4.79 Å². The molecule has 5 nitrogen and oxygen atoms in total. The number of ether oxygens (including phenoxy) is 1. The number of hydrogen-bond donors (Lipinski definition) is 2. The number of amides is 1. The molecule has 0 aromatic rings. The number of aliphatic hydroxyl groups excluding tert-OH is 1. The molecule has 1 amide bonds. The third-order valence-corrected chi connectivity index (χ3v) is 8.90. The van der Waals surface area contributed by atoms with Crippen LogP contribution in [0.1, 0.15) is 61.8 Å². The van der Waals surface area contributed by atoms with Crippen molar-refractivity contribution in [2.75, 3.05) is 13.2 Å². The minimum Gasteiger partial charge on any atom is -0.444 e. The second-order valence-corrected chi connectivity index (χ2v) is 14.8. The molecular formula is C18H39NO4Si. The van der Waals surface area contributed by atoms with Crippen molar-refractivity contribution in [3.8, 4) is 0 Å². The Hall–Kier alpha value is -0.593. The van der Waals surface area contributed by atoms with Gasteiger partial charge in [0.15, 0.2) is 8.32 Å². The maximum absolute atomic E-state index is 12.1. The van der Waals surface area contributed by atoms with E-state index in [0.717, 1.165) is 0 Å². The first-order valence-electron chi connectivity index (χ1n) is 8.73. The second kappa shape index (κ2) is 8.19. The molecule has 6 heteroatoms. The zero-order chi connectivity index (χ0) is 19.4. The summed E-state index contributed by atoms with van der Waals surface area (Å²) in [5.74, 6) is 0. The van der Waals surface area contributed by atoms with Crippen molar-refractivity contribution in [1.29, 1.82) is 0 Å². The van der Waals surface area contributed by atoms with Crippen molar-refractivity contribution in [3.05, 3.63) is 0 Å². The minimum absolute atomic E-state index is 0.0551. The third-order valence-electron chi connectivity index (χ3n) is 4.40. The normalized spacial score (nSPS) is 15.1. The molecule has 1 unspecified atom stereocenters. The summed E-state index contributed by atoms with van der Waals surface area (Å²) < 4.78 is 11.6. The molecule has 24 heavy (non-hydrogen) atoms. The molecule has 1 atom stereocenters. The molecule has 2 N–H and O–H groups in total. The number of alkyl carbamates (subject to hydrolysis) is 1. The van der Waals surface area contributed by atoms with E-state index in [0.29, 0.717) is 13.0 Å². The lowest BCUT2D eigenvalue weighted by atomic mass is 9.87. The van der Waals surface area contributed by atoms with E-state index >= 15 is 0 Å². The molecular weight excluding hydrogens is 322 g/mol. The highest BCUT2D eigenvalue weighted by Gasteiger charge is 2.38. The molecule has 0 saturated carbocycles. The Morgan fingerprint density at radius 3 is 1.96 bits per heavy atom. The van der Waals surface area contributed by atoms with Gasteiger partial charge in [0.2, 0.25) is 0 Å². The van der Waals surface area contributed by atoms with Gasteiger partial charge in [-0.15, -0.1) is 0 Å². The number of nitrogens with one attached hydrogen (secondary N) is 1. The fourth-order valence-corrected chi connectivity index (χ4v) is 2.93. The van der Waals surface area contributed by atoms with Crippen LogP contribution >= 0.6 is 0 Å². The van der Waals surface area contributed by atoms with Crippen LogP contribution in [0.25, 0.3) is 0 Å². The molecule has 0 aliphatic carbocycles. The van der Waals surface area contributed by atoms with Gasteiger partial charge >= 0.3 is 6.09 Å². The van der Waals surface area contributed by atoms with Crippen LogP contribution in [0.15, 0.2) is 0 Å². The van der Waals surface area contributed by atoms with Crippen molar-refractivity contribution < 1.29 is 19.1 Å². The molecule has 0 aliphatic rings. The topological polar surface area (TPSA) is 67.8 Å². The van der Waals surface area contributed by atoms with E-state index < -0.39 is 20.0 Å². The summed E-state index contributed by atoms with van der Waals surface area (Å²) in [5.41, 5.74) is -0.835. The van der Waals surface area contributed by atoms with E-state index in [-0.39, 0.29) is 23.1 Å². The summed E-state index contributed by atoms with van der Waals surface area (Å²) in [7, 11) is -1.91. The van der Waals surface area contributed by atoms with Gasteiger partial charge in [0, 0.05) is 6.61 Å². The first kappa shape index (κ1) is 23.4. The smallest absolute Gasteiger partial charge is 0.407 e. The lowest BCUT2D eigenvalue weighted by Gasteiger charge is -2.38. The first-order chi connectivity index (χ1) is 10.5. The van der Waals surface area contributed by atoms with E-state index in [9.17, 15) is 9.90 Å². The zero-order valence-electron chi connectivity index (χ0n) is 17.4. The Morgan fingerprint density at radius 1 is 1.08 bits per heavy atom. The van der Waals surface area contributed by atoms with Crippen LogP contribution in [0.2, 0.25) is 18.1 Å². The predicted octanol–water partition coefficient (Wildman–Crippen LogP) is 4.31. The van der Waals surface area contributed by atoms with E-state index in [2.05, 4.69) is 39.2 Å². The molecule has 0 heterocycles. The molecule has 0 rings (SSSR count). The Labute approximate surface area is 149 Å². The summed E-state index contributed by atoms with van der Waals surface area (Å²) >= 11 is 0. The standard InChI is InChI=1S/C18H39NO4Si/c1-16(2,3)23-15(21)19-14(11-18(7,8)13-20)12-22-24(9,10)17(4,5)6/h14,20H,11-13H2,1-10H3,(H,19,21). The summed E-state index contributed by atoms with van der Waals surface area (Å²) in [6, 6.07) is -0.198. The highest BCUT2D eigenvalue weighted by atomic mass is 28.4. The van der Waals surface area contributed by atoms with Gasteiger partial charge in [-0.1, -0.05) is 34.6 Å². The lowest BCUT2D eigenvalue weighted by Crippen LogP contribution is -2.48. The summed E-state index contributed by atoms with van der Waals surface area (Å²) in [5, 5.41) is 12.6. The van der Waals surface area contributed by atoms with Gasteiger partial charge < -0.3 is 19.6 Å². The van der Waals surface area contributed by atoms with Crippen LogP contribution in [0, 0.1) is 5.41 Å². The molecule has 0 bridgehead atoms. The molecule has 0 saturated heterocycles. The van der Waals surface area contributed by atoms with Gasteiger partial charge in [0.1, 0.15) is 5.60 Å². The molecule has 0 aliphatic heterocycles. The molecule has 0 aromatic heterocycles. The Kier molecular flexibility index (Phi) is 7.99. The van der Waals surface area contributed by atoms with Crippen molar-refractivity contribution in [3.63, 3.8) is 0 Å². The van der Waals surface area contributed by atoms with Gasteiger partial charge in [-0.2, -0.15) is 0 Å². The Morgan fingerprint density at radius 2 is 1.58 bits per heavy atom. The van der Waals surface area contributed by atoms with Crippen LogP contribution < -0.4 is 5.32 Å². The maximum Gasteiger partial charge on any atom is 0.407 e. The van der Waals surface area contributed by atoms with E-state index in [4.69, 9.17) is 9.16 Å². The second-order valence-electron chi connectivity index (χ2n) is 9.94. The Balaban J connectivity index is 4.98. The van der Waals surface area contributed by atoms with Gasteiger partial charge in [0.05, 0.1) is 12.6 Å². The number of aliphatic hydroxyl groups is 1. The fourth-order valence-electron chi connectivity index (χ4n) is 1.88. The fraction of sp³-hybridized carbons (Fsp3) is 0.944. The zero-order valence-corrected chi connectivity index (χ0v) is 18.4. The quantitative estimate of drug-likeness (QED) is 0.663. The van der Waals surface area contributed by atoms with Crippen LogP contribution in [-0.2, 0) is 9.16 Å². The molecule has 0 spiro atoms. The minimum atomic E-state index is -1.91. The van der Waals surface area contributed by atoms with Crippen molar-refractivity contribution in [2.24, 2.45) is 5.41 Å².